The van der Waals surface area contributed by atoms with E-state index in [0.29, 0.717) is 6.61 Å². The maximum absolute atomic E-state index is 6.08. The van der Waals surface area contributed by atoms with E-state index in [1.807, 2.05) is 5.38 Å². The van der Waals surface area contributed by atoms with E-state index in [1.165, 1.54) is 11.5 Å². The van der Waals surface area contributed by atoms with E-state index in [-0.39, 0.29) is 17.2 Å². The van der Waals surface area contributed by atoms with Crippen LogP contribution >= 0.6 is 11.5 Å². The minimum atomic E-state index is -0.240. The minimum Gasteiger partial charge on any atom is -0.372 e. The van der Waals surface area contributed by atoms with Crippen molar-refractivity contribution in [3.63, 3.8) is 0 Å². The Morgan fingerprint density at radius 1 is 1.47 bits per heavy atom. The van der Waals surface area contributed by atoms with Crippen molar-refractivity contribution >= 4 is 11.5 Å². The topological polar surface area (TPSA) is 43.4 Å². The van der Waals surface area contributed by atoms with Crippen LogP contribution in [0.2, 0.25) is 0 Å². The van der Waals surface area contributed by atoms with Crippen LogP contribution in [0.5, 0.6) is 0 Å². The van der Waals surface area contributed by atoms with Crippen molar-refractivity contribution in [1.29, 1.82) is 0 Å². The molecule has 2 unspecified atom stereocenters. The third kappa shape index (κ3) is 2.01. The zero-order valence-corrected chi connectivity index (χ0v) is 11.0. The summed E-state index contributed by atoms with van der Waals surface area (Å²) in [5.74, 6) is 0. The second-order valence-corrected chi connectivity index (χ2v) is 6.12. The molecule has 2 saturated heterocycles. The molecular formula is C12H18N2O2S. The Bertz CT molecular complexity index is 393. The number of nitrogens with zero attached hydrogens (tertiary/aromatic N) is 1. The molecule has 0 radical (unpaired) electrons. The number of aromatic nitrogens is 1. The molecule has 2 atom stereocenters. The van der Waals surface area contributed by atoms with Crippen LogP contribution in [0, 0.1) is 0 Å². The predicted octanol–water partition coefficient (Wildman–Crippen LogP) is 1.74. The second-order valence-electron chi connectivity index (χ2n) is 5.45. The molecule has 2 aliphatic heterocycles. The van der Waals surface area contributed by atoms with Gasteiger partial charge in [-0.3, -0.25) is 0 Å². The monoisotopic (exact) mass is 254 g/mol. The predicted molar refractivity (Wildman–Crippen MR) is 66.2 cm³/mol. The van der Waals surface area contributed by atoms with Gasteiger partial charge in [-0.05, 0) is 31.4 Å². The molecule has 4 nitrogen and oxygen atoms in total. The van der Waals surface area contributed by atoms with Crippen LogP contribution in [-0.2, 0) is 9.47 Å². The van der Waals surface area contributed by atoms with Gasteiger partial charge in [0.1, 0.15) is 5.60 Å². The maximum Gasteiger partial charge on any atom is 0.115 e. The van der Waals surface area contributed by atoms with Gasteiger partial charge in [-0.2, -0.15) is 4.37 Å². The lowest BCUT2D eigenvalue weighted by atomic mass is 9.84. The maximum atomic E-state index is 6.08. The van der Waals surface area contributed by atoms with Crippen LogP contribution < -0.4 is 5.32 Å². The molecule has 2 aliphatic rings. The number of hydrogen-bond acceptors (Lipinski definition) is 5. The molecule has 0 amide bonds. The molecule has 0 bridgehead atoms. The highest BCUT2D eigenvalue weighted by atomic mass is 32.1. The summed E-state index contributed by atoms with van der Waals surface area (Å²) >= 11 is 1.49. The minimum absolute atomic E-state index is 0.104. The average molecular weight is 254 g/mol. The van der Waals surface area contributed by atoms with Gasteiger partial charge in [0.2, 0.25) is 0 Å². The molecule has 3 heterocycles. The van der Waals surface area contributed by atoms with Crippen molar-refractivity contribution in [2.45, 2.75) is 37.5 Å². The highest BCUT2D eigenvalue weighted by Gasteiger charge is 2.52. The number of rotatable bonds is 1. The Balaban J connectivity index is 1.91. The first-order valence-electron chi connectivity index (χ1n) is 6.03. The lowest BCUT2D eigenvalue weighted by Crippen LogP contribution is -2.53. The lowest BCUT2D eigenvalue weighted by molar-refractivity contribution is -0.1000. The van der Waals surface area contributed by atoms with Crippen LogP contribution in [-0.4, -0.2) is 35.3 Å². The fourth-order valence-electron chi connectivity index (χ4n) is 2.89. The Kier molecular flexibility index (Phi) is 2.74. The van der Waals surface area contributed by atoms with Gasteiger partial charge in [-0.1, -0.05) is 0 Å². The molecule has 0 aromatic carbocycles. The third-order valence-corrected chi connectivity index (χ3v) is 4.13. The number of morpholine rings is 1. The molecule has 3 rings (SSSR count). The number of ether oxygens (including phenoxy) is 2. The average Bonchev–Trinajstić information content (AvgIpc) is 2.88. The Morgan fingerprint density at radius 3 is 3.00 bits per heavy atom. The van der Waals surface area contributed by atoms with Gasteiger partial charge in [0.15, 0.2) is 0 Å². The van der Waals surface area contributed by atoms with Crippen molar-refractivity contribution < 1.29 is 9.47 Å². The molecule has 0 saturated carbocycles. The van der Waals surface area contributed by atoms with Gasteiger partial charge in [0.25, 0.3) is 0 Å². The summed E-state index contributed by atoms with van der Waals surface area (Å²) in [6.07, 6.45) is 0.912. The van der Waals surface area contributed by atoms with Crippen molar-refractivity contribution in [1.82, 2.24) is 9.69 Å². The first-order valence-corrected chi connectivity index (χ1v) is 6.87. The summed E-state index contributed by atoms with van der Waals surface area (Å²) in [6, 6.07) is 2.23. The molecule has 5 heteroatoms. The van der Waals surface area contributed by atoms with Crippen LogP contribution in [0.4, 0.5) is 0 Å². The quantitative estimate of drug-likeness (QED) is 0.829. The van der Waals surface area contributed by atoms with Crippen LogP contribution in [0.25, 0.3) is 0 Å². The fourth-order valence-corrected chi connectivity index (χ4v) is 3.44. The Hall–Kier alpha value is -0.490. The van der Waals surface area contributed by atoms with Crippen LogP contribution in [0.15, 0.2) is 11.4 Å². The summed E-state index contributed by atoms with van der Waals surface area (Å²) in [5.41, 5.74) is 0.735. The molecule has 1 N–H and O–H groups in total. The van der Waals surface area contributed by atoms with Crippen LogP contribution in [0.3, 0.4) is 0 Å². The summed E-state index contributed by atoms with van der Waals surface area (Å²) in [5, 5.41) is 5.55. The van der Waals surface area contributed by atoms with E-state index in [0.717, 1.165) is 25.3 Å². The van der Waals surface area contributed by atoms with E-state index in [2.05, 4.69) is 29.6 Å². The van der Waals surface area contributed by atoms with Gasteiger partial charge < -0.3 is 14.8 Å². The molecule has 1 aromatic rings. The Morgan fingerprint density at radius 2 is 2.35 bits per heavy atom. The summed E-state index contributed by atoms with van der Waals surface area (Å²) in [7, 11) is 0. The molecular weight excluding hydrogens is 236 g/mol. The van der Waals surface area contributed by atoms with E-state index in [4.69, 9.17) is 9.47 Å². The Labute approximate surface area is 105 Å². The van der Waals surface area contributed by atoms with E-state index >= 15 is 0 Å². The van der Waals surface area contributed by atoms with Gasteiger partial charge in [0, 0.05) is 18.3 Å². The zero-order valence-electron chi connectivity index (χ0n) is 10.2. The van der Waals surface area contributed by atoms with Crippen molar-refractivity contribution in [3.05, 3.63) is 17.1 Å². The zero-order chi connectivity index (χ0) is 11.9. The van der Waals surface area contributed by atoms with Gasteiger partial charge >= 0.3 is 0 Å². The number of nitrogens with one attached hydrogen (secondary N) is 1. The van der Waals surface area contributed by atoms with E-state index in [1.54, 1.807) is 0 Å². The smallest absolute Gasteiger partial charge is 0.115 e. The molecule has 2 fully saturated rings. The highest BCUT2D eigenvalue weighted by molar-refractivity contribution is 7.03. The standard InChI is InChI=1S/C12H18N2O2S/c1-11(2)7-12(8-16-11)10(13-4-5-15-12)9-3-6-17-14-9/h3,6,10,13H,4-5,7-8H2,1-2H3. The van der Waals surface area contributed by atoms with E-state index in [9.17, 15) is 0 Å². The second kappa shape index (κ2) is 4.02. The SMILES string of the molecule is CC1(C)CC2(CO1)OCCNC2c1ccsn1. The van der Waals surface area contributed by atoms with E-state index < -0.39 is 0 Å². The summed E-state index contributed by atoms with van der Waals surface area (Å²) in [6.45, 7) is 6.52. The summed E-state index contributed by atoms with van der Waals surface area (Å²) in [4.78, 5) is 0. The highest BCUT2D eigenvalue weighted by Crippen LogP contribution is 2.44. The van der Waals surface area contributed by atoms with Crippen molar-refractivity contribution in [2.75, 3.05) is 19.8 Å². The van der Waals surface area contributed by atoms with Crippen LogP contribution in [0.1, 0.15) is 32.0 Å². The number of hydrogen-bond donors (Lipinski definition) is 1. The van der Waals surface area contributed by atoms with Crippen molar-refractivity contribution in [3.8, 4) is 0 Å². The van der Waals surface area contributed by atoms with Gasteiger partial charge in [-0.15, -0.1) is 0 Å². The molecule has 0 aliphatic carbocycles. The lowest BCUT2D eigenvalue weighted by Gasteiger charge is -2.40. The normalized spacial score (nSPS) is 36.5. The molecule has 1 spiro atoms. The fraction of sp³-hybridized carbons (Fsp3) is 0.750. The first kappa shape index (κ1) is 11.6. The molecule has 17 heavy (non-hydrogen) atoms. The van der Waals surface area contributed by atoms with Gasteiger partial charge in [0.05, 0.1) is 30.6 Å². The summed E-state index contributed by atoms with van der Waals surface area (Å²) < 4.78 is 16.4. The van der Waals surface area contributed by atoms with Crippen molar-refractivity contribution in [2.24, 2.45) is 0 Å². The largest absolute Gasteiger partial charge is 0.372 e. The first-order chi connectivity index (χ1) is 8.11. The molecule has 94 valence electrons. The molecule has 1 aromatic heterocycles. The third-order valence-electron chi connectivity index (χ3n) is 3.55. The van der Waals surface area contributed by atoms with Gasteiger partial charge in [-0.25, -0.2) is 0 Å².